The fourth-order valence-electron chi connectivity index (χ4n) is 0.992. The number of anilines is 2. The first kappa shape index (κ1) is 10.6. The minimum absolute atomic E-state index is 0.379. The van der Waals surface area contributed by atoms with E-state index in [1.54, 1.807) is 18.2 Å². The fraction of sp³-hybridized carbons (Fsp3) is 0.250. The highest BCUT2D eigenvalue weighted by molar-refractivity contribution is 7.92. The molecule has 0 atom stereocenters. The number of ether oxygens (including phenoxy) is 1. The Balaban J connectivity index is 3.09. The largest absolute Gasteiger partial charge is 0.494 e. The van der Waals surface area contributed by atoms with Crippen LogP contribution in [0.4, 0.5) is 11.4 Å². The van der Waals surface area contributed by atoms with Crippen LogP contribution in [0.3, 0.4) is 0 Å². The molecule has 0 saturated carbocycles. The van der Waals surface area contributed by atoms with E-state index in [0.29, 0.717) is 17.1 Å². The lowest BCUT2D eigenvalue weighted by molar-refractivity contribution is 0.417. The summed E-state index contributed by atoms with van der Waals surface area (Å²) in [4.78, 5) is 0. The number of nitrogens with one attached hydrogen (secondary N) is 1. The van der Waals surface area contributed by atoms with Gasteiger partial charge in [-0.3, -0.25) is 4.72 Å². The lowest BCUT2D eigenvalue weighted by atomic mass is 10.2. The number of methoxy groups -OCH3 is 1. The molecule has 1 aromatic rings. The third-order valence-electron chi connectivity index (χ3n) is 1.52. The minimum Gasteiger partial charge on any atom is -0.494 e. The maximum absolute atomic E-state index is 11.0. The molecule has 6 heteroatoms. The zero-order chi connectivity index (χ0) is 10.8. The van der Waals surface area contributed by atoms with E-state index in [1.807, 2.05) is 0 Å². The van der Waals surface area contributed by atoms with E-state index in [2.05, 4.69) is 4.72 Å². The molecular weight excluding hydrogens is 204 g/mol. The average Bonchev–Trinajstić information content (AvgIpc) is 2.06. The number of rotatable bonds is 3. The van der Waals surface area contributed by atoms with Crippen LogP contribution in [0.15, 0.2) is 18.2 Å². The van der Waals surface area contributed by atoms with Crippen LogP contribution in [0.5, 0.6) is 5.75 Å². The van der Waals surface area contributed by atoms with Crippen LogP contribution in [-0.2, 0) is 10.0 Å². The predicted octanol–water partition coefficient (Wildman–Crippen LogP) is 0.649. The van der Waals surface area contributed by atoms with Crippen LogP contribution < -0.4 is 15.2 Å². The zero-order valence-electron chi connectivity index (χ0n) is 7.94. The molecule has 14 heavy (non-hydrogen) atoms. The summed E-state index contributed by atoms with van der Waals surface area (Å²) in [7, 11) is -1.85. The predicted molar refractivity (Wildman–Crippen MR) is 55.9 cm³/mol. The second-order valence-electron chi connectivity index (χ2n) is 2.83. The molecule has 5 nitrogen and oxygen atoms in total. The van der Waals surface area contributed by atoms with E-state index in [-0.39, 0.29) is 0 Å². The molecule has 0 radical (unpaired) electrons. The quantitative estimate of drug-likeness (QED) is 0.727. The van der Waals surface area contributed by atoms with Crippen LogP contribution in [-0.4, -0.2) is 21.8 Å². The van der Waals surface area contributed by atoms with E-state index >= 15 is 0 Å². The number of hydrogen-bond donors (Lipinski definition) is 2. The molecule has 0 unspecified atom stereocenters. The van der Waals surface area contributed by atoms with Gasteiger partial charge in [0.05, 0.1) is 19.1 Å². The summed E-state index contributed by atoms with van der Waals surface area (Å²) in [6, 6.07) is 4.69. The second kappa shape index (κ2) is 3.75. The Morgan fingerprint density at radius 2 is 2.07 bits per heavy atom. The number of nitrogens with two attached hydrogens (primary N) is 1. The van der Waals surface area contributed by atoms with Crippen molar-refractivity contribution in [1.82, 2.24) is 0 Å². The fourth-order valence-corrected chi connectivity index (χ4v) is 1.56. The van der Waals surface area contributed by atoms with Crippen molar-refractivity contribution in [2.45, 2.75) is 0 Å². The zero-order valence-corrected chi connectivity index (χ0v) is 8.76. The van der Waals surface area contributed by atoms with Crippen molar-refractivity contribution in [2.75, 3.05) is 23.8 Å². The third-order valence-corrected chi connectivity index (χ3v) is 2.11. The van der Waals surface area contributed by atoms with Crippen LogP contribution in [0.25, 0.3) is 0 Å². The van der Waals surface area contributed by atoms with Crippen LogP contribution in [0.2, 0.25) is 0 Å². The highest BCUT2D eigenvalue weighted by Crippen LogP contribution is 2.26. The normalized spacial score (nSPS) is 11.0. The van der Waals surface area contributed by atoms with E-state index in [9.17, 15) is 8.42 Å². The molecule has 0 aromatic heterocycles. The van der Waals surface area contributed by atoms with Crippen molar-refractivity contribution < 1.29 is 13.2 Å². The first-order valence-corrected chi connectivity index (χ1v) is 5.73. The van der Waals surface area contributed by atoms with Crippen molar-refractivity contribution >= 4 is 21.4 Å². The maximum Gasteiger partial charge on any atom is 0.229 e. The maximum atomic E-state index is 11.0. The van der Waals surface area contributed by atoms with Crippen molar-refractivity contribution in [2.24, 2.45) is 0 Å². The topological polar surface area (TPSA) is 81.4 Å². The number of sulfonamides is 1. The van der Waals surface area contributed by atoms with Crippen molar-refractivity contribution in [3.05, 3.63) is 18.2 Å². The number of hydrogen-bond acceptors (Lipinski definition) is 4. The van der Waals surface area contributed by atoms with E-state index in [0.717, 1.165) is 6.26 Å². The van der Waals surface area contributed by atoms with Gasteiger partial charge < -0.3 is 10.5 Å². The molecule has 1 rings (SSSR count). The molecule has 0 aliphatic heterocycles. The molecule has 0 saturated heterocycles. The Bertz CT molecular complexity index is 428. The molecule has 0 amide bonds. The smallest absolute Gasteiger partial charge is 0.229 e. The van der Waals surface area contributed by atoms with Crippen molar-refractivity contribution in [3.8, 4) is 5.75 Å². The molecule has 3 N–H and O–H groups in total. The Hall–Kier alpha value is -1.43. The van der Waals surface area contributed by atoms with Crippen LogP contribution in [0, 0.1) is 0 Å². The third kappa shape index (κ3) is 2.81. The van der Waals surface area contributed by atoms with Gasteiger partial charge >= 0.3 is 0 Å². The summed E-state index contributed by atoms with van der Waals surface area (Å²) in [5.41, 5.74) is 6.40. The van der Waals surface area contributed by atoms with E-state index in [1.165, 1.54) is 7.11 Å². The molecule has 0 spiro atoms. The SMILES string of the molecule is COc1cc(N)ccc1NS(C)(=O)=O. The van der Waals surface area contributed by atoms with Gasteiger partial charge in [0.25, 0.3) is 0 Å². The molecule has 78 valence electrons. The first-order chi connectivity index (χ1) is 6.42. The first-order valence-electron chi connectivity index (χ1n) is 3.83. The summed E-state index contributed by atoms with van der Waals surface area (Å²) < 4.78 is 29.2. The van der Waals surface area contributed by atoms with Gasteiger partial charge in [-0.25, -0.2) is 8.42 Å². The van der Waals surface area contributed by atoms with Crippen molar-refractivity contribution in [3.63, 3.8) is 0 Å². The highest BCUT2D eigenvalue weighted by atomic mass is 32.2. The van der Waals surface area contributed by atoms with Crippen molar-refractivity contribution in [1.29, 1.82) is 0 Å². The Kier molecular flexibility index (Phi) is 2.85. The summed E-state index contributed by atoms with van der Waals surface area (Å²) in [6.45, 7) is 0. The van der Waals surface area contributed by atoms with Gasteiger partial charge in [-0.2, -0.15) is 0 Å². The molecule has 0 heterocycles. The molecule has 0 aliphatic carbocycles. The highest BCUT2D eigenvalue weighted by Gasteiger charge is 2.07. The molecule has 0 bridgehead atoms. The minimum atomic E-state index is -3.29. The second-order valence-corrected chi connectivity index (χ2v) is 4.58. The molecule has 1 aromatic carbocycles. The van der Waals surface area contributed by atoms with Gasteiger partial charge in [0.15, 0.2) is 0 Å². The van der Waals surface area contributed by atoms with Gasteiger partial charge in [-0.05, 0) is 12.1 Å². The van der Waals surface area contributed by atoms with E-state index in [4.69, 9.17) is 10.5 Å². The number of nitrogen functional groups attached to an aromatic ring is 1. The molecule has 0 aliphatic rings. The average molecular weight is 216 g/mol. The van der Waals surface area contributed by atoms with Gasteiger partial charge in [0, 0.05) is 11.8 Å². The Labute approximate surface area is 82.9 Å². The van der Waals surface area contributed by atoms with Crippen LogP contribution >= 0.6 is 0 Å². The lowest BCUT2D eigenvalue weighted by Crippen LogP contribution is -2.10. The van der Waals surface area contributed by atoms with Gasteiger partial charge in [-0.1, -0.05) is 0 Å². The summed E-state index contributed by atoms with van der Waals surface area (Å²) in [5, 5.41) is 0. The standard InChI is InChI=1S/C8H12N2O3S/c1-13-8-5-6(9)3-4-7(8)10-14(2,11)12/h3-5,10H,9H2,1-2H3. The Morgan fingerprint density at radius 3 is 2.57 bits per heavy atom. The van der Waals surface area contributed by atoms with Crippen LogP contribution in [0.1, 0.15) is 0 Å². The monoisotopic (exact) mass is 216 g/mol. The number of benzene rings is 1. The lowest BCUT2D eigenvalue weighted by Gasteiger charge is -2.09. The van der Waals surface area contributed by atoms with Gasteiger partial charge in [-0.15, -0.1) is 0 Å². The Morgan fingerprint density at radius 1 is 1.43 bits per heavy atom. The van der Waals surface area contributed by atoms with Gasteiger partial charge in [0.2, 0.25) is 10.0 Å². The van der Waals surface area contributed by atoms with Gasteiger partial charge in [0.1, 0.15) is 5.75 Å². The molecule has 0 fully saturated rings. The molecular formula is C8H12N2O3S. The van der Waals surface area contributed by atoms with E-state index < -0.39 is 10.0 Å². The summed E-state index contributed by atoms with van der Waals surface area (Å²) in [6.07, 6.45) is 1.07. The summed E-state index contributed by atoms with van der Waals surface area (Å²) >= 11 is 0. The summed E-state index contributed by atoms with van der Waals surface area (Å²) in [5.74, 6) is 0.399.